The van der Waals surface area contributed by atoms with Crippen molar-refractivity contribution >= 4 is 40.7 Å². The number of carbonyl (C=O) groups excluding carboxylic acids is 2. The number of aliphatic hydroxyl groups is 1. The van der Waals surface area contributed by atoms with E-state index < -0.39 is 36.9 Å². The minimum Gasteiger partial charge on any atom is -0.490 e. The van der Waals surface area contributed by atoms with Crippen molar-refractivity contribution in [1.29, 1.82) is 0 Å². The summed E-state index contributed by atoms with van der Waals surface area (Å²) in [5.41, 5.74) is 1.30. The highest BCUT2D eigenvalue weighted by molar-refractivity contribution is 6.42. The lowest BCUT2D eigenvalue weighted by molar-refractivity contribution is -0.142. The molecule has 2 aromatic carbocycles. The molecule has 2 N–H and O–H groups in total. The first-order valence-corrected chi connectivity index (χ1v) is 16.3. The molecule has 2 amide bonds. The van der Waals surface area contributed by atoms with Crippen LogP contribution in [0.5, 0.6) is 5.75 Å². The van der Waals surface area contributed by atoms with E-state index in [1.165, 1.54) is 12.1 Å². The number of nitrogens with one attached hydrogen (secondary N) is 1. The zero-order chi connectivity index (χ0) is 34.0. The molecule has 8 nitrogen and oxygen atoms in total. The van der Waals surface area contributed by atoms with E-state index in [2.05, 4.69) is 10.2 Å². The predicted molar refractivity (Wildman–Crippen MR) is 174 cm³/mol. The molecule has 1 heterocycles. The summed E-state index contributed by atoms with van der Waals surface area (Å²) in [7, 11) is 1.98. The molecule has 0 saturated heterocycles. The summed E-state index contributed by atoms with van der Waals surface area (Å²) in [4.78, 5) is 30.1. The minimum absolute atomic E-state index is 0.138. The van der Waals surface area contributed by atoms with Crippen LogP contribution in [0.3, 0.4) is 0 Å². The first-order chi connectivity index (χ1) is 21.7. The molecular formula is C33H44Cl2F3N3O5. The van der Waals surface area contributed by atoms with Crippen LogP contribution < -0.4 is 10.1 Å². The Bertz CT molecular complexity index is 1320. The SMILES string of the molecule is C[C@@H]1CCCCO[C@@H](CN(C)Cc2ccc(Cl)c(Cl)c2)[C@H](C)CN([C@@H](C)CO)C(=O)c2cc(NC(=O)CCC(F)(F)F)ccc2O1. The van der Waals surface area contributed by atoms with Gasteiger partial charge in [0.2, 0.25) is 5.91 Å². The van der Waals surface area contributed by atoms with E-state index in [0.29, 0.717) is 41.9 Å². The van der Waals surface area contributed by atoms with Gasteiger partial charge in [0, 0.05) is 44.3 Å². The molecule has 46 heavy (non-hydrogen) atoms. The number of anilines is 1. The van der Waals surface area contributed by atoms with Gasteiger partial charge in [-0.15, -0.1) is 0 Å². The van der Waals surface area contributed by atoms with Gasteiger partial charge in [-0.2, -0.15) is 13.2 Å². The number of alkyl halides is 3. The van der Waals surface area contributed by atoms with Crippen LogP contribution in [0.4, 0.5) is 18.9 Å². The van der Waals surface area contributed by atoms with Crippen molar-refractivity contribution in [2.24, 2.45) is 5.92 Å². The van der Waals surface area contributed by atoms with Crippen molar-refractivity contribution in [3.8, 4) is 5.75 Å². The van der Waals surface area contributed by atoms with Crippen LogP contribution in [-0.2, 0) is 16.1 Å². The zero-order valence-electron chi connectivity index (χ0n) is 26.7. The number of hydrogen-bond acceptors (Lipinski definition) is 6. The molecule has 3 rings (SSSR count). The van der Waals surface area contributed by atoms with Crippen LogP contribution in [0.2, 0.25) is 10.0 Å². The fraction of sp³-hybridized carbons (Fsp3) is 0.576. The number of aliphatic hydroxyl groups excluding tert-OH is 1. The van der Waals surface area contributed by atoms with Crippen LogP contribution in [0.15, 0.2) is 36.4 Å². The van der Waals surface area contributed by atoms with Crippen LogP contribution in [-0.4, -0.2) is 84.5 Å². The Morgan fingerprint density at radius 2 is 1.89 bits per heavy atom. The highest BCUT2D eigenvalue weighted by Gasteiger charge is 2.31. The molecule has 0 aromatic heterocycles. The third-order valence-electron chi connectivity index (χ3n) is 7.90. The van der Waals surface area contributed by atoms with E-state index >= 15 is 0 Å². The quantitative estimate of drug-likeness (QED) is 0.289. The lowest BCUT2D eigenvalue weighted by atomic mass is 10.0. The second kappa shape index (κ2) is 17.5. The number of nitrogens with zero attached hydrogens (tertiary/aromatic N) is 2. The van der Waals surface area contributed by atoms with Gasteiger partial charge in [-0.3, -0.25) is 14.5 Å². The number of halogens is 5. The number of carbonyl (C=O) groups is 2. The lowest BCUT2D eigenvalue weighted by Crippen LogP contribution is -2.47. The maximum atomic E-state index is 14.2. The molecule has 0 aliphatic carbocycles. The van der Waals surface area contributed by atoms with Gasteiger partial charge in [0.15, 0.2) is 0 Å². The Kier molecular flexibility index (Phi) is 14.4. The highest BCUT2D eigenvalue weighted by atomic mass is 35.5. The average molecular weight is 691 g/mol. The topological polar surface area (TPSA) is 91.3 Å². The van der Waals surface area contributed by atoms with E-state index in [1.807, 2.05) is 33.0 Å². The Morgan fingerprint density at radius 3 is 2.57 bits per heavy atom. The van der Waals surface area contributed by atoms with Crippen molar-refractivity contribution in [3.05, 3.63) is 57.6 Å². The molecule has 4 atom stereocenters. The fourth-order valence-corrected chi connectivity index (χ4v) is 5.58. The summed E-state index contributed by atoms with van der Waals surface area (Å²) >= 11 is 12.3. The smallest absolute Gasteiger partial charge is 0.389 e. The molecule has 1 aliphatic heterocycles. The van der Waals surface area contributed by atoms with Crippen molar-refractivity contribution in [2.45, 2.75) is 83.8 Å². The van der Waals surface area contributed by atoms with Gasteiger partial charge in [0.05, 0.1) is 46.9 Å². The van der Waals surface area contributed by atoms with Gasteiger partial charge in [-0.25, -0.2) is 0 Å². The highest BCUT2D eigenvalue weighted by Crippen LogP contribution is 2.29. The minimum atomic E-state index is -4.47. The monoisotopic (exact) mass is 689 g/mol. The van der Waals surface area contributed by atoms with Crippen molar-refractivity contribution in [2.75, 3.05) is 38.7 Å². The normalized spacial score (nSPS) is 20.9. The van der Waals surface area contributed by atoms with Crippen LogP contribution in [0, 0.1) is 5.92 Å². The van der Waals surface area contributed by atoms with E-state index in [-0.39, 0.29) is 42.5 Å². The summed E-state index contributed by atoms with van der Waals surface area (Å²) < 4.78 is 50.5. The van der Waals surface area contributed by atoms with Crippen LogP contribution in [0.1, 0.15) is 68.8 Å². The number of rotatable bonds is 9. The number of benzene rings is 2. The Labute approximate surface area is 279 Å². The van der Waals surface area contributed by atoms with Gasteiger partial charge >= 0.3 is 6.18 Å². The molecule has 0 radical (unpaired) electrons. The first kappa shape index (κ1) is 37.9. The van der Waals surface area contributed by atoms with E-state index in [1.54, 1.807) is 24.0 Å². The van der Waals surface area contributed by atoms with Gasteiger partial charge in [-0.05, 0) is 76.1 Å². The molecule has 0 bridgehead atoms. The molecule has 1 aliphatic rings. The zero-order valence-corrected chi connectivity index (χ0v) is 28.2. The maximum Gasteiger partial charge on any atom is 0.389 e. The molecule has 2 aromatic rings. The molecule has 0 fully saturated rings. The number of fused-ring (bicyclic) bond motifs is 1. The summed E-state index contributed by atoms with van der Waals surface area (Å²) in [5, 5.41) is 13.6. The summed E-state index contributed by atoms with van der Waals surface area (Å²) in [6.45, 7) is 7.23. The maximum absolute atomic E-state index is 14.2. The third kappa shape index (κ3) is 11.9. The van der Waals surface area contributed by atoms with Crippen LogP contribution >= 0.6 is 23.2 Å². The third-order valence-corrected chi connectivity index (χ3v) is 8.64. The summed E-state index contributed by atoms with van der Waals surface area (Å²) in [6.07, 6.45) is -4.65. The van der Waals surface area contributed by atoms with Gasteiger partial charge < -0.3 is 24.8 Å². The molecule has 0 spiro atoms. The van der Waals surface area contributed by atoms with Crippen molar-refractivity contribution < 1.29 is 37.3 Å². The summed E-state index contributed by atoms with van der Waals surface area (Å²) in [6, 6.07) is 9.40. The van der Waals surface area contributed by atoms with Gasteiger partial charge in [-0.1, -0.05) is 36.2 Å². The number of hydrogen-bond donors (Lipinski definition) is 2. The molecule has 0 unspecified atom stereocenters. The predicted octanol–water partition coefficient (Wildman–Crippen LogP) is 7.20. The second-order valence-corrected chi connectivity index (χ2v) is 12.9. The van der Waals surface area contributed by atoms with E-state index in [0.717, 1.165) is 18.4 Å². The number of amides is 2. The van der Waals surface area contributed by atoms with Gasteiger partial charge in [0.1, 0.15) is 5.75 Å². The molecule has 0 saturated carbocycles. The number of likely N-dealkylation sites (N-methyl/N-ethyl adjacent to an activating group) is 1. The molecule has 13 heteroatoms. The Balaban J connectivity index is 1.88. The van der Waals surface area contributed by atoms with Gasteiger partial charge in [0.25, 0.3) is 5.91 Å². The lowest BCUT2D eigenvalue weighted by Gasteiger charge is -2.36. The largest absolute Gasteiger partial charge is 0.490 e. The Hall–Kier alpha value is -2.57. The summed E-state index contributed by atoms with van der Waals surface area (Å²) in [5.74, 6) is -1.13. The first-order valence-electron chi connectivity index (χ1n) is 15.5. The van der Waals surface area contributed by atoms with E-state index in [9.17, 15) is 27.9 Å². The van der Waals surface area contributed by atoms with Crippen molar-refractivity contribution in [3.63, 3.8) is 0 Å². The molecular weight excluding hydrogens is 646 g/mol. The average Bonchev–Trinajstić information content (AvgIpc) is 2.99. The van der Waals surface area contributed by atoms with Crippen molar-refractivity contribution in [1.82, 2.24) is 9.80 Å². The Morgan fingerprint density at radius 1 is 1.15 bits per heavy atom. The molecule has 256 valence electrons. The van der Waals surface area contributed by atoms with E-state index in [4.69, 9.17) is 32.7 Å². The number of ether oxygens (including phenoxy) is 2. The fourth-order valence-electron chi connectivity index (χ4n) is 5.26. The standard InChI is InChI=1S/C33H44Cl2F3N3O5/c1-21-17-41(22(2)20-42)32(44)26-16-25(39-31(43)12-13-33(36,37)38)9-11-29(26)46-23(3)7-5-6-14-45-30(21)19-40(4)18-24-8-10-27(34)28(35)15-24/h8-11,15-16,21-23,30,42H,5-7,12-14,17-20H2,1-4H3,(H,39,43)/t21-,22+,23-,30+/m1/s1. The second-order valence-electron chi connectivity index (χ2n) is 12.1. The van der Waals surface area contributed by atoms with Crippen LogP contribution in [0.25, 0.3) is 0 Å².